The molecule has 2 aromatic carbocycles. The van der Waals surface area contributed by atoms with E-state index >= 15 is 0 Å². The fraction of sp³-hybridized carbons (Fsp3) is 0.235. The van der Waals surface area contributed by atoms with Gasteiger partial charge in [-0.05, 0) is 43.7 Å². The van der Waals surface area contributed by atoms with Crippen molar-refractivity contribution in [3.8, 4) is 0 Å². The van der Waals surface area contributed by atoms with Crippen LogP contribution >= 0.6 is 0 Å². The Morgan fingerprint density at radius 3 is 2.24 bits per heavy atom. The molecule has 0 aliphatic heterocycles. The molecule has 0 saturated carbocycles. The Morgan fingerprint density at radius 2 is 1.76 bits per heavy atom. The molecule has 1 unspecified atom stereocenters. The molecule has 0 amide bonds. The number of sulfone groups is 1. The first kappa shape index (κ1) is 18.6. The van der Waals surface area contributed by atoms with Crippen molar-refractivity contribution in [2.45, 2.75) is 24.8 Å². The molecule has 1 N–H and O–H groups in total. The fourth-order valence-corrected chi connectivity index (χ4v) is 2.97. The van der Waals surface area contributed by atoms with Gasteiger partial charge in [0.05, 0.1) is 9.82 Å². The van der Waals surface area contributed by atoms with Gasteiger partial charge >= 0.3 is 0 Å². The molecule has 0 spiro atoms. The number of nitro benzene ring substituents is 1. The monoisotopic (exact) mass is 362 g/mol. The molecule has 0 aliphatic rings. The van der Waals surface area contributed by atoms with E-state index in [9.17, 15) is 23.3 Å². The Kier molecular flexibility index (Phi) is 5.22. The molecule has 0 saturated heterocycles. The summed E-state index contributed by atoms with van der Waals surface area (Å²) < 4.78 is 23.0. The summed E-state index contributed by atoms with van der Waals surface area (Å²) in [5.41, 5.74) is 1.14. The number of Topliss-reactive ketones (excluding diaryl/α,β-unsaturated/α-hetero) is 1. The third kappa shape index (κ3) is 4.42. The number of nitrogens with one attached hydrogen (secondary N) is 1. The largest absolute Gasteiger partial charge is 0.373 e. The van der Waals surface area contributed by atoms with Crippen LogP contribution in [0.1, 0.15) is 35.8 Å². The van der Waals surface area contributed by atoms with Crippen molar-refractivity contribution in [2.24, 2.45) is 0 Å². The first-order valence-corrected chi connectivity index (χ1v) is 9.34. The van der Waals surface area contributed by atoms with E-state index in [1.54, 1.807) is 19.1 Å². The van der Waals surface area contributed by atoms with Gasteiger partial charge in [0.25, 0.3) is 5.69 Å². The molecule has 132 valence electrons. The SMILES string of the molecule is CC(=O)c1ccc(NC(C)c2ccc(S(C)(=O)=O)cc2)c([N+](=O)[O-])c1. The van der Waals surface area contributed by atoms with E-state index in [1.165, 1.54) is 37.3 Å². The van der Waals surface area contributed by atoms with Crippen LogP contribution in [0.5, 0.6) is 0 Å². The number of carbonyl (C=O) groups is 1. The Labute approximate surface area is 145 Å². The Hall–Kier alpha value is -2.74. The standard InChI is InChI=1S/C17H18N2O5S/c1-11(13-4-7-15(8-5-13)25(3,23)24)18-16-9-6-14(12(2)20)10-17(16)19(21)22/h4-11,18H,1-3H3. The van der Waals surface area contributed by atoms with Crippen LogP contribution in [-0.2, 0) is 9.84 Å². The molecule has 8 heteroatoms. The Bertz CT molecular complexity index is 921. The maximum atomic E-state index is 11.5. The molecule has 1 atom stereocenters. The minimum absolute atomic E-state index is 0.188. The highest BCUT2D eigenvalue weighted by molar-refractivity contribution is 7.90. The lowest BCUT2D eigenvalue weighted by atomic mass is 10.1. The highest BCUT2D eigenvalue weighted by Crippen LogP contribution is 2.29. The van der Waals surface area contributed by atoms with Crippen LogP contribution in [0.25, 0.3) is 0 Å². The molecule has 0 radical (unpaired) electrons. The molecule has 0 bridgehead atoms. The van der Waals surface area contributed by atoms with E-state index < -0.39 is 14.8 Å². The van der Waals surface area contributed by atoms with Crippen LogP contribution in [0.3, 0.4) is 0 Å². The Morgan fingerprint density at radius 1 is 1.16 bits per heavy atom. The molecule has 7 nitrogen and oxygen atoms in total. The first-order chi connectivity index (χ1) is 11.6. The topological polar surface area (TPSA) is 106 Å². The number of hydrogen-bond acceptors (Lipinski definition) is 6. The number of nitro groups is 1. The third-order valence-electron chi connectivity index (χ3n) is 3.78. The van der Waals surface area contributed by atoms with Crippen LogP contribution in [0.4, 0.5) is 11.4 Å². The molecule has 0 heterocycles. The highest BCUT2D eigenvalue weighted by Gasteiger charge is 2.18. The van der Waals surface area contributed by atoms with Gasteiger partial charge in [-0.1, -0.05) is 12.1 Å². The van der Waals surface area contributed by atoms with Crippen molar-refractivity contribution >= 4 is 27.0 Å². The zero-order valence-electron chi connectivity index (χ0n) is 14.0. The average Bonchev–Trinajstić information content (AvgIpc) is 2.54. The summed E-state index contributed by atoms with van der Waals surface area (Å²) in [5.74, 6) is -0.251. The van der Waals surface area contributed by atoms with Crippen molar-refractivity contribution in [1.29, 1.82) is 0 Å². The zero-order valence-corrected chi connectivity index (χ0v) is 14.8. The Balaban J connectivity index is 2.29. The summed E-state index contributed by atoms with van der Waals surface area (Å²) >= 11 is 0. The third-order valence-corrected chi connectivity index (χ3v) is 4.91. The normalized spacial score (nSPS) is 12.4. The van der Waals surface area contributed by atoms with E-state index in [1.807, 2.05) is 0 Å². The van der Waals surface area contributed by atoms with Crippen LogP contribution in [0, 0.1) is 10.1 Å². The average molecular weight is 362 g/mol. The molecule has 2 rings (SSSR count). The fourth-order valence-electron chi connectivity index (χ4n) is 2.34. The van der Waals surface area contributed by atoms with Gasteiger partial charge < -0.3 is 5.32 Å². The number of benzene rings is 2. The molecule has 2 aromatic rings. The summed E-state index contributed by atoms with van der Waals surface area (Å²) in [7, 11) is -3.28. The van der Waals surface area contributed by atoms with Crippen molar-refractivity contribution in [2.75, 3.05) is 11.6 Å². The van der Waals surface area contributed by atoms with Gasteiger partial charge in [-0.15, -0.1) is 0 Å². The van der Waals surface area contributed by atoms with Gasteiger partial charge in [-0.25, -0.2) is 8.42 Å². The van der Waals surface area contributed by atoms with Gasteiger partial charge in [0, 0.05) is 23.9 Å². The number of nitrogens with zero attached hydrogens (tertiary/aromatic N) is 1. The van der Waals surface area contributed by atoms with E-state index in [-0.39, 0.29) is 33.7 Å². The molecule has 0 aromatic heterocycles. The summed E-state index contributed by atoms with van der Waals surface area (Å²) in [6, 6.07) is 10.3. The van der Waals surface area contributed by atoms with E-state index in [0.29, 0.717) is 0 Å². The lowest BCUT2D eigenvalue weighted by molar-refractivity contribution is -0.384. The second kappa shape index (κ2) is 7.02. The first-order valence-electron chi connectivity index (χ1n) is 7.45. The van der Waals surface area contributed by atoms with E-state index in [4.69, 9.17) is 0 Å². The van der Waals surface area contributed by atoms with Crippen molar-refractivity contribution in [3.63, 3.8) is 0 Å². The van der Waals surface area contributed by atoms with E-state index in [0.717, 1.165) is 11.8 Å². The van der Waals surface area contributed by atoms with Crippen molar-refractivity contribution in [1.82, 2.24) is 0 Å². The zero-order chi connectivity index (χ0) is 18.8. The maximum Gasteiger partial charge on any atom is 0.293 e. The van der Waals surface area contributed by atoms with Gasteiger partial charge in [0.15, 0.2) is 15.6 Å². The van der Waals surface area contributed by atoms with Crippen LogP contribution in [0.2, 0.25) is 0 Å². The van der Waals surface area contributed by atoms with E-state index in [2.05, 4.69) is 5.32 Å². The highest BCUT2D eigenvalue weighted by atomic mass is 32.2. The van der Waals surface area contributed by atoms with Gasteiger partial charge in [-0.3, -0.25) is 14.9 Å². The number of carbonyl (C=O) groups excluding carboxylic acids is 1. The quantitative estimate of drug-likeness (QED) is 0.480. The molecular weight excluding hydrogens is 344 g/mol. The molecular formula is C17H18N2O5S. The summed E-state index contributed by atoms with van der Waals surface area (Å²) in [6.07, 6.45) is 1.13. The van der Waals surface area contributed by atoms with Crippen LogP contribution < -0.4 is 5.32 Å². The number of anilines is 1. The predicted molar refractivity (Wildman–Crippen MR) is 94.7 cm³/mol. The molecule has 25 heavy (non-hydrogen) atoms. The predicted octanol–water partition coefficient (Wildman–Crippen LogP) is 3.37. The lowest BCUT2D eigenvalue weighted by Crippen LogP contribution is -2.09. The van der Waals surface area contributed by atoms with Crippen LogP contribution in [0.15, 0.2) is 47.4 Å². The minimum Gasteiger partial charge on any atom is -0.373 e. The second-order valence-electron chi connectivity index (χ2n) is 5.75. The smallest absolute Gasteiger partial charge is 0.293 e. The summed E-state index contributed by atoms with van der Waals surface area (Å²) in [5, 5.41) is 14.3. The second-order valence-corrected chi connectivity index (χ2v) is 7.77. The lowest BCUT2D eigenvalue weighted by Gasteiger charge is -2.16. The van der Waals surface area contributed by atoms with Crippen molar-refractivity contribution < 1.29 is 18.1 Å². The van der Waals surface area contributed by atoms with Crippen LogP contribution in [-0.4, -0.2) is 25.4 Å². The maximum absolute atomic E-state index is 11.5. The molecule has 0 aliphatic carbocycles. The number of ketones is 1. The number of rotatable bonds is 6. The molecule has 0 fully saturated rings. The van der Waals surface area contributed by atoms with Gasteiger partial charge in [-0.2, -0.15) is 0 Å². The van der Waals surface area contributed by atoms with Gasteiger partial charge in [0.2, 0.25) is 0 Å². The summed E-state index contributed by atoms with van der Waals surface area (Å²) in [4.78, 5) is 22.3. The van der Waals surface area contributed by atoms with Gasteiger partial charge in [0.1, 0.15) is 5.69 Å². The van der Waals surface area contributed by atoms with Crippen molar-refractivity contribution in [3.05, 3.63) is 63.7 Å². The number of hydrogen-bond donors (Lipinski definition) is 1. The minimum atomic E-state index is -3.28. The summed E-state index contributed by atoms with van der Waals surface area (Å²) in [6.45, 7) is 3.15.